The first-order chi connectivity index (χ1) is 13.0. The van der Waals surface area contributed by atoms with Gasteiger partial charge in [-0.2, -0.15) is 4.68 Å². The number of imide groups is 1. The molecule has 2 aromatic rings. The maximum Gasteiger partial charge on any atom is 0.357 e. The summed E-state index contributed by atoms with van der Waals surface area (Å²) in [5, 5.41) is 15.6. The van der Waals surface area contributed by atoms with Crippen molar-refractivity contribution in [2.75, 3.05) is 13.2 Å². The number of ether oxygens (including phenoxy) is 1. The molecule has 0 unspecified atom stereocenters. The van der Waals surface area contributed by atoms with Crippen molar-refractivity contribution in [3.63, 3.8) is 0 Å². The van der Waals surface area contributed by atoms with E-state index in [0.29, 0.717) is 12.4 Å². The number of benzene rings is 1. The first-order valence-electron chi connectivity index (χ1n) is 8.28. The van der Waals surface area contributed by atoms with E-state index in [2.05, 4.69) is 26.2 Å². The number of tetrazole rings is 1. The summed E-state index contributed by atoms with van der Waals surface area (Å²) >= 11 is 0. The van der Waals surface area contributed by atoms with Gasteiger partial charge in [0.2, 0.25) is 0 Å². The van der Waals surface area contributed by atoms with Gasteiger partial charge in [-0.3, -0.25) is 10.1 Å². The summed E-state index contributed by atoms with van der Waals surface area (Å²) in [5.41, 5.74) is 0.759. The summed E-state index contributed by atoms with van der Waals surface area (Å²) in [7, 11) is 0. The minimum Gasteiger partial charge on any atom is -0.451 e. The summed E-state index contributed by atoms with van der Waals surface area (Å²) in [6.07, 6.45) is 2.27. The van der Waals surface area contributed by atoms with E-state index in [1.54, 1.807) is 19.1 Å². The summed E-state index contributed by atoms with van der Waals surface area (Å²) in [6, 6.07) is 8.39. The fourth-order valence-corrected chi connectivity index (χ4v) is 2.02. The highest BCUT2D eigenvalue weighted by Gasteiger charge is 2.19. The lowest BCUT2D eigenvalue weighted by Gasteiger charge is -2.09. The Balaban J connectivity index is 2.07. The van der Waals surface area contributed by atoms with Crippen LogP contribution in [0, 0.1) is 6.92 Å². The Morgan fingerprint density at radius 3 is 2.59 bits per heavy atom. The largest absolute Gasteiger partial charge is 0.451 e. The van der Waals surface area contributed by atoms with Crippen molar-refractivity contribution < 1.29 is 19.1 Å². The zero-order chi connectivity index (χ0) is 19.6. The van der Waals surface area contributed by atoms with Gasteiger partial charge in [0, 0.05) is 6.54 Å². The highest BCUT2D eigenvalue weighted by Crippen LogP contribution is 2.13. The predicted octanol–water partition coefficient (Wildman–Crippen LogP) is 0.759. The molecule has 0 saturated heterocycles. The number of aromatic nitrogens is 4. The second-order valence-electron chi connectivity index (χ2n) is 5.46. The molecule has 0 aliphatic rings. The molecule has 0 bridgehead atoms. The number of hydrogen-bond donors (Lipinski definition) is 2. The lowest BCUT2D eigenvalue weighted by Crippen LogP contribution is -2.41. The third-order valence-electron chi connectivity index (χ3n) is 3.29. The van der Waals surface area contributed by atoms with Gasteiger partial charge in [-0.25, -0.2) is 9.59 Å². The van der Waals surface area contributed by atoms with Crippen molar-refractivity contribution in [2.24, 2.45) is 0 Å². The topological polar surface area (TPSA) is 128 Å². The number of nitrogens with one attached hydrogen (secondary N) is 2. The summed E-state index contributed by atoms with van der Waals surface area (Å²) in [4.78, 5) is 35.7. The Morgan fingerprint density at radius 1 is 1.22 bits per heavy atom. The summed E-state index contributed by atoms with van der Waals surface area (Å²) < 4.78 is 6.22. The normalized spacial score (nSPS) is 11.0. The average Bonchev–Trinajstić information content (AvgIpc) is 3.09. The van der Waals surface area contributed by atoms with Crippen molar-refractivity contribution in [2.45, 2.75) is 20.3 Å². The highest BCUT2D eigenvalue weighted by molar-refractivity contribution is 6.15. The average molecular weight is 372 g/mol. The van der Waals surface area contributed by atoms with E-state index in [-0.39, 0.29) is 5.70 Å². The van der Waals surface area contributed by atoms with E-state index < -0.39 is 24.5 Å². The lowest BCUT2D eigenvalue weighted by atomic mass is 10.2. The molecular formula is C17H20N6O4. The smallest absolute Gasteiger partial charge is 0.357 e. The number of urea groups is 1. The van der Waals surface area contributed by atoms with E-state index >= 15 is 0 Å². The van der Waals surface area contributed by atoms with Gasteiger partial charge < -0.3 is 10.1 Å². The van der Waals surface area contributed by atoms with Crippen LogP contribution in [0.15, 0.2) is 30.3 Å². The highest BCUT2D eigenvalue weighted by atomic mass is 16.5. The molecule has 10 nitrogen and oxygen atoms in total. The number of hydrogen-bond acceptors (Lipinski definition) is 7. The van der Waals surface area contributed by atoms with E-state index in [0.717, 1.165) is 12.0 Å². The SMILES string of the molecule is CCCNC(=O)NC(=O)COC(=O)C(=Cc1ccccc1)n1nnnc1C. The van der Waals surface area contributed by atoms with Crippen LogP contribution >= 0.6 is 0 Å². The standard InChI is InChI=1S/C17H20N6O4/c1-3-9-18-17(26)19-15(24)11-27-16(25)14(23-12(2)20-21-22-23)10-13-7-5-4-6-8-13/h4-8,10H,3,9,11H2,1-2H3,(H2,18,19,24,26). The number of esters is 1. The zero-order valence-electron chi connectivity index (χ0n) is 15.0. The fourth-order valence-electron chi connectivity index (χ4n) is 2.02. The Morgan fingerprint density at radius 2 is 1.96 bits per heavy atom. The Hall–Kier alpha value is -3.56. The van der Waals surface area contributed by atoms with Crippen LogP contribution in [-0.4, -0.2) is 51.3 Å². The van der Waals surface area contributed by atoms with Gasteiger partial charge in [0.1, 0.15) is 0 Å². The molecule has 2 rings (SSSR count). The van der Waals surface area contributed by atoms with Crippen LogP contribution in [0.2, 0.25) is 0 Å². The number of aryl methyl sites for hydroxylation is 1. The predicted molar refractivity (Wildman–Crippen MR) is 96.0 cm³/mol. The van der Waals surface area contributed by atoms with Crippen LogP contribution in [0.25, 0.3) is 11.8 Å². The molecule has 1 heterocycles. The molecule has 2 N–H and O–H groups in total. The molecule has 0 atom stereocenters. The van der Waals surface area contributed by atoms with Gasteiger partial charge in [-0.15, -0.1) is 5.10 Å². The van der Waals surface area contributed by atoms with Crippen LogP contribution in [0.1, 0.15) is 24.7 Å². The minimum absolute atomic E-state index is 0.0342. The van der Waals surface area contributed by atoms with E-state index in [1.807, 2.05) is 25.1 Å². The molecule has 10 heteroatoms. The van der Waals surface area contributed by atoms with Crippen LogP contribution in [0.5, 0.6) is 0 Å². The number of amides is 3. The third kappa shape index (κ3) is 6.03. The number of carbonyl (C=O) groups is 3. The van der Waals surface area contributed by atoms with Crippen molar-refractivity contribution >= 4 is 29.7 Å². The van der Waals surface area contributed by atoms with Gasteiger partial charge in [0.05, 0.1) is 0 Å². The molecule has 0 saturated carbocycles. The minimum atomic E-state index is -0.807. The molecule has 0 fully saturated rings. The summed E-state index contributed by atoms with van der Waals surface area (Å²) in [6.45, 7) is 3.31. The fraction of sp³-hybridized carbons (Fsp3) is 0.294. The number of rotatable bonds is 7. The second-order valence-corrected chi connectivity index (χ2v) is 5.46. The van der Waals surface area contributed by atoms with Crippen LogP contribution < -0.4 is 10.6 Å². The van der Waals surface area contributed by atoms with Gasteiger partial charge in [-0.05, 0) is 35.4 Å². The molecule has 27 heavy (non-hydrogen) atoms. The van der Waals surface area contributed by atoms with Crippen LogP contribution in [0.4, 0.5) is 4.79 Å². The maximum atomic E-state index is 12.5. The Kier molecular flexibility index (Phi) is 7.17. The molecule has 0 aliphatic heterocycles. The van der Waals surface area contributed by atoms with Crippen molar-refractivity contribution in [1.29, 1.82) is 0 Å². The molecule has 1 aromatic carbocycles. The van der Waals surface area contributed by atoms with Gasteiger partial charge in [0.25, 0.3) is 5.91 Å². The van der Waals surface area contributed by atoms with E-state index in [4.69, 9.17) is 4.74 Å². The molecule has 0 radical (unpaired) electrons. The summed E-state index contributed by atoms with van der Waals surface area (Å²) in [5.74, 6) is -1.18. The van der Waals surface area contributed by atoms with Crippen LogP contribution in [-0.2, 0) is 14.3 Å². The Bertz CT molecular complexity index is 831. The number of carbonyl (C=O) groups excluding carboxylic acids is 3. The van der Waals surface area contributed by atoms with Gasteiger partial charge >= 0.3 is 12.0 Å². The first kappa shape index (κ1) is 19.8. The van der Waals surface area contributed by atoms with Crippen molar-refractivity contribution in [1.82, 2.24) is 30.8 Å². The van der Waals surface area contributed by atoms with Crippen LogP contribution in [0.3, 0.4) is 0 Å². The molecule has 1 aromatic heterocycles. The second kappa shape index (κ2) is 9.80. The monoisotopic (exact) mass is 372 g/mol. The van der Waals surface area contributed by atoms with E-state index in [1.165, 1.54) is 10.8 Å². The Labute approximate surface area is 155 Å². The molecule has 3 amide bonds. The molecule has 0 spiro atoms. The van der Waals surface area contributed by atoms with Gasteiger partial charge in [-0.1, -0.05) is 37.3 Å². The van der Waals surface area contributed by atoms with E-state index in [9.17, 15) is 14.4 Å². The molecular weight excluding hydrogens is 352 g/mol. The van der Waals surface area contributed by atoms with Crippen molar-refractivity contribution in [3.05, 3.63) is 41.7 Å². The first-order valence-corrected chi connectivity index (χ1v) is 8.28. The molecule has 0 aliphatic carbocycles. The molecule has 142 valence electrons. The van der Waals surface area contributed by atoms with Crippen molar-refractivity contribution in [3.8, 4) is 0 Å². The zero-order valence-corrected chi connectivity index (χ0v) is 15.0. The third-order valence-corrected chi connectivity index (χ3v) is 3.29. The quantitative estimate of drug-likeness (QED) is 0.542. The maximum absolute atomic E-state index is 12.5. The lowest BCUT2D eigenvalue weighted by molar-refractivity contribution is -0.142. The number of nitrogens with zero attached hydrogens (tertiary/aromatic N) is 4. The van der Waals surface area contributed by atoms with Gasteiger partial charge in [0.15, 0.2) is 18.1 Å².